The monoisotopic (exact) mass is 367 g/mol. The first kappa shape index (κ1) is 18.1. The van der Waals surface area contributed by atoms with Crippen LogP contribution < -0.4 is 4.74 Å². The molecule has 0 aliphatic rings. The van der Waals surface area contributed by atoms with E-state index in [1.807, 2.05) is 0 Å². The van der Waals surface area contributed by atoms with Crippen LogP contribution in [0.15, 0.2) is 65.1 Å². The van der Waals surface area contributed by atoms with Gasteiger partial charge in [-0.1, -0.05) is 12.1 Å². The Bertz CT molecular complexity index is 1040. The normalized spacial score (nSPS) is 10.9. The van der Waals surface area contributed by atoms with E-state index in [9.17, 15) is 19.3 Å². The van der Waals surface area contributed by atoms with Crippen LogP contribution in [0.25, 0.3) is 17.4 Å². The van der Waals surface area contributed by atoms with Crippen molar-refractivity contribution < 1.29 is 23.3 Å². The van der Waals surface area contributed by atoms with Crippen LogP contribution in [0.2, 0.25) is 0 Å². The van der Waals surface area contributed by atoms with Crippen molar-refractivity contribution >= 4 is 17.5 Å². The summed E-state index contributed by atoms with van der Waals surface area (Å²) in [5.74, 6) is -0.106. The summed E-state index contributed by atoms with van der Waals surface area (Å²) in [5.41, 5.74) is 0.403. The van der Waals surface area contributed by atoms with Crippen LogP contribution in [0.3, 0.4) is 0 Å². The molecule has 0 spiro atoms. The fourth-order valence-corrected chi connectivity index (χ4v) is 2.44. The summed E-state index contributed by atoms with van der Waals surface area (Å²) in [6, 6.07) is 13.2. The van der Waals surface area contributed by atoms with Crippen molar-refractivity contribution in [2.75, 3.05) is 7.11 Å². The molecule has 0 saturated heterocycles. The van der Waals surface area contributed by atoms with E-state index >= 15 is 0 Å². The minimum absolute atomic E-state index is 0.0499. The summed E-state index contributed by atoms with van der Waals surface area (Å²) in [4.78, 5) is 22.5. The Balaban J connectivity index is 1.78. The fourth-order valence-electron chi connectivity index (χ4n) is 2.44. The zero-order chi connectivity index (χ0) is 19.4. The van der Waals surface area contributed by atoms with Crippen LogP contribution >= 0.6 is 0 Å². The molecule has 1 aromatic heterocycles. The van der Waals surface area contributed by atoms with Crippen LogP contribution in [-0.2, 0) is 0 Å². The lowest BCUT2D eigenvalue weighted by Gasteiger charge is -2.02. The van der Waals surface area contributed by atoms with Crippen molar-refractivity contribution in [2.24, 2.45) is 0 Å². The largest absolute Gasteiger partial charge is 0.497 e. The van der Waals surface area contributed by atoms with Gasteiger partial charge >= 0.3 is 0 Å². The van der Waals surface area contributed by atoms with Crippen molar-refractivity contribution in [1.82, 2.24) is 0 Å². The van der Waals surface area contributed by atoms with E-state index in [-0.39, 0.29) is 11.3 Å². The van der Waals surface area contributed by atoms with Gasteiger partial charge < -0.3 is 9.15 Å². The van der Waals surface area contributed by atoms with Gasteiger partial charge in [0.25, 0.3) is 5.69 Å². The summed E-state index contributed by atoms with van der Waals surface area (Å²) in [6.07, 6.45) is 2.60. The first-order chi connectivity index (χ1) is 13.0. The second-order valence-electron chi connectivity index (χ2n) is 5.55. The number of hydrogen-bond acceptors (Lipinski definition) is 5. The standard InChI is InChI=1S/C20H14FNO5/c1-26-16-5-8-17(18(21)12-16)19(23)9-6-15-7-10-20(27-15)13-3-2-4-14(11-13)22(24)25/h2-12H,1H3. The molecule has 6 nitrogen and oxygen atoms in total. The molecule has 27 heavy (non-hydrogen) atoms. The number of halogens is 1. The molecule has 0 N–H and O–H groups in total. The molecule has 0 atom stereocenters. The Labute approximate surface area is 153 Å². The Kier molecular flexibility index (Phi) is 5.12. The number of allylic oxidation sites excluding steroid dienone is 1. The predicted octanol–water partition coefficient (Wildman–Crippen LogP) is 4.90. The van der Waals surface area contributed by atoms with Gasteiger partial charge in [-0.15, -0.1) is 0 Å². The third kappa shape index (κ3) is 4.09. The van der Waals surface area contributed by atoms with E-state index in [2.05, 4.69) is 0 Å². The molecule has 0 fully saturated rings. The van der Waals surface area contributed by atoms with E-state index < -0.39 is 16.5 Å². The number of furan rings is 1. The summed E-state index contributed by atoms with van der Waals surface area (Å²) < 4.78 is 24.4. The number of ether oxygens (including phenoxy) is 1. The van der Waals surface area contributed by atoms with E-state index in [0.717, 1.165) is 6.07 Å². The topological polar surface area (TPSA) is 82.6 Å². The molecule has 3 aromatic rings. The highest BCUT2D eigenvalue weighted by molar-refractivity contribution is 6.06. The summed E-state index contributed by atoms with van der Waals surface area (Å²) >= 11 is 0. The highest BCUT2D eigenvalue weighted by Crippen LogP contribution is 2.26. The zero-order valence-electron chi connectivity index (χ0n) is 14.2. The second-order valence-corrected chi connectivity index (χ2v) is 5.55. The smallest absolute Gasteiger partial charge is 0.270 e. The van der Waals surface area contributed by atoms with Crippen LogP contribution in [-0.4, -0.2) is 17.8 Å². The number of hydrogen-bond donors (Lipinski definition) is 0. The number of nitro groups is 1. The number of carbonyl (C=O) groups excluding carboxylic acids is 1. The maximum Gasteiger partial charge on any atom is 0.270 e. The third-order valence-corrected chi connectivity index (χ3v) is 3.81. The lowest BCUT2D eigenvalue weighted by molar-refractivity contribution is -0.384. The number of non-ortho nitro benzene ring substituents is 1. The Hall–Kier alpha value is -3.74. The quantitative estimate of drug-likeness (QED) is 0.268. The van der Waals surface area contributed by atoms with Gasteiger partial charge in [-0.2, -0.15) is 0 Å². The number of nitrogens with zero attached hydrogens (tertiary/aromatic N) is 1. The highest BCUT2D eigenvalue weighted by Gasteiger charge is 2.12. The van der Waals surface area contributed by atoms with Crippen molar-refractivity contribution in [2.45, 2.75) is 0 Å². The maximum atomic E-state index is 13.9. The molecule has 7 heteroatoms. The van der Waals surface area contributed by atoms with Crippen molar-refractivity contribution in [1.29, 1.82) is 0 Å². The first-order valence-electron chi connectivity index (χ1n) is 7.88. The summed E-state index contributed by atoms with van der Waals surface area (Å²) in [5, 5.41) is 10.9. The summed E-state index contributed by atoms with van der Waals surface area (Å²) in [7, 11) is 1.41. The molecular weight excluding hydrogens is 353 g/mol. The molecule has 0 radical (unpaired) electrons. The average molecular weight is 367 g/mol. The second kappa shape index (κ2) is 7.65. The lowest BCUT2D eigenvalue weighted by Crippen LogP contribution is -1.99. The molecule has 0 bridgehead atoms. The number of carbonyl (C=O) groups is 1. The molecule has 0 unspecified atom stereocenters. The van der Waals surface area contributed by atoms with Gasteiger partial charge in [-0.25, -0.2) is 4.39 Å². The SMILES string of the molecule is COc1ccc(C(=O)C=Cc2ccc(-c3cccc([N+](=O)[O-])c3)o2)c(F)c1. The minimum atomic E-state index is -0.680. The van der Waals surface area contributed by atoms with Gasteiger partial charge in [0.05, 0.1) is 17.6 Å². The molecule has 0 amide bonds. The summed E-state index contributed by atoms with van der Waals surface area (Å²) in [6.45, 7) is 0. The van der Waals surface area contributed by atoms with Gasteiger partial charge in [0.1, 0.15) is 23.1 Å². The zero-order valence-corrected chi connectivity index (χ0v) is 14.2. The van der Waals surface area contributed by atoms with Crippen molar-refractivity contribution in [3.63, 3.8) is 0 Å². The average Bonchev–Trinajstić information content (AvgIpc) is 3.15. The van der Waals surface area contributed by atoms with Gasteiger partial charge in [0, 0.05) is 23.8 Å². The van der Waals surface area contributed by atoms with Crippen LogP contribution in [0.5, 0.6) is 5.75 Å². The van der Waals surface area contributed by atoms with Gasteiger partial charge in [-0.05, 0) is 36.4 Å². The van der Waals surface area contributed by atoms with Gasteiger partial charge in [0.2, 0.25) is 0 Å². The number of nitro benzene ring substituents is 1. The number of ketones is 1. The van der Waals surface area contributed by atoms with Crippen LogP contribution in [0.1, 0.15) is 16.1 Å². The Morgan fingerprint density at radius 3 is 2.70 bits per heavy atom. The van der Waals surface area contributed by atoms with Crippen molar-refractivity contribution in [3.05, 3.63) is 87.9 Å². The molecule has 0 saturated carbocycles. The maximum absolute atomic E-state index is 13.9. The first-order valence-corrected chi connectivity index (χ1v) is 7.88. The molecule has 0 aliphatic carbocycles. The molecule has 136 valence electrons. The van der Waals surface area contributed by atoms with Gasteiger partial charge in [-0.3, -0.25) is 14.9 Å². The lowest BCUT2D eigenvalue weighted by atomic mass is 10.1. The van der Waals surface area contributed by atoms with Gasteiger partial charge in [0.15, 0.2) is 5.78 Å². The van der Waals surface area contributed by atoms with Crippen LogP contribution in [0.4, 0.5) is 10.1 Å². The fraction of sp³-hybridized carbons (Fsp3) is 0.0500. The van der Waals surface area contributed by atoms with Crippen molar-refractivity contribution in [3.8, 4) is 17.1 Å². The number of rotatable bonds is 6. The number of benzene rings is 2. The van der Waals surface area contributed by atoms with Crippen LogP contribution in [0, 0.1) is 15.9 Å². The highest BCUT2D eigenvalue weighted by atomic mass is 19.1. The van der Waals surface area contributed by atoms with E-state index in [0.29, 0.717) is 22.8 Å². The predicted molar refractivity (Wildman–Crippen MR) is 97.1 cm³/mol. The Morgan fingerprint density at radius 1 is 1.19 bits per heavy atom. The molecule has 0 aliphatic heterocycles. The van der Waals surface area contributed by atoms with E-state index in [4.69, 9.17) is 9.15 Å². The Morgan fingerprint density at radius 2 is 2.00 bits per heavy atom. The molecule has 2 aromatic carbocycles. The third-order valence-electron chi connectivity index (χ3n) is 3.81. The van der Waals surface area contributed by atoms with E-state index in [1.54, 1.807) is 24.3 Å². The molecule has 3 rings (SSSR count). The molecular formula is C20H14FNO5. The van der Waals surface area contributed by atoms with E-state index in [1.165, 1.54) is 43.5 Å². The number of methoxy groups -OCH3 is 1. The minimum Gasteiger partial charge on any atom is -0.497 e. The molecule has 1 heterocycles.